The quantitative estimate of drug-likeness (QED) is 0.156. The van der Waals surface area contributed by atoms with Gasteiger partial charge in [-0.05, 0) is 131 Å². The van der Waals surface area contributed by atoms with E-state index in [1.807, 2.05) is 51.5 Å². The van der Waals surface area contributed by atoms with Crippen molar-refractivity contribution in [2.45, 2.75) is 63.8 Å². The van der Waals surface area contributed by atoms with Gasteiger partial charge in [0.25, 0.3) is 21.9 Å². The van der Waals surface area contributed by atoms with Crippen LogP contribution in [0.25, 0.3) is 16.9 Å². The first-order valence-corrected chi connectivity index (χ1v) is 21.0. The average Bonchev–Trinajstić information content (AvgIpc) is 3.59. The van der Waals surface area contributed by atoms with Crippen LogP contribution in [0.15, 0.2) is 42.5 Å². The van der Waals surface area contributed by atoms with E-state index < -0.39 is 39.9 Å². The Morgan fingerprint density at radius 2 is 1.54 bits per heavy atom. The largest absolute Gasteiger partial charge is 0.496 e. The van der Waals surface area contributed by atoms with Crippen LogP contribution in [0, 0.1) is 23.7 Å². The molecular formula is C41H57N5O10S. The highest BCUT2D eigenvalue weighted by atomic mass is 32.2. The molecular weight excluding hydrogens is 755 g/mol. The summed E-state index contributed by atoms with van der Waals surface area (Å²) in [7, 11) is 5.07. The summed E-state index contributed by atoms with van der Waals surface area (Å²) in [4.78, 5) is 44.7. The fraction of sp³-hybridized carbons (Fsp3) is 0.561. The molecule has 0 aliphatic heterocycles. The normalized spacial score (nSPS) is 22.2. The summed E-state index contributed by atoms with van der Waals surface area (Å²) in [6.07, 6.45) is 5.33. The molecule has 4 saturated carbocycles. The van der Waals surface area contributed by atoms with Crippen molar-refractivity contribution >= 4 is 27.9 Å². The lowest BCUT2D eigenvalue weighted by atomic mass is 9.48. The van der Waals surface area contributed by atoms with Crippen LogP contribution in [0.5, 0.6) is 11.5 Å². The predicted molar refractivity (Wildman–Crippen MR) is 215 cm³/mol. The number of aliphatic hydroxyl groups excluding tert-OH is 1. The van der Waals surface area contributed by atoms with Crippen LogP contribution >= 0.6 is 0 Å². The first kappa shape index (κ1) is 43.6. The Hall–Kier alpha value is -4.51. The summed E-state index contributed by atoms with van der Waals surface area (Å²) in [5.74, 6) is -0.216. The molecule has 0 radical (unpaired) electrons. The summed E-state index contributed by atoms with van der Waals surface area (Å²) in [5, 5.41) is 26.5. The lowest BCUT2D eigenvalue weighted by Crippen LogP contribution is -2.70. The molecule has 4 N–H and O–H groups in total. The molecule has 0 atom stereocenters. The second-order valence-corrected chi connectivity index (χ2v) is 17.7. The number of aliphatic carboxylic acids is 1. The van der Waals surface area contributed by atoms with E-state index in [4.69, 9.17) is 24.2 Å². The summed E-state index contributed by atoms with van der Waals surface area (Å²) in [6, 6.07) is 12.7. The van der Waals surface area contributed by atoms with Crippen molar-refractivity contribution in [1.82, 2.24) is 24.9 Å². The number of nitrogens with one attached hydrogen (secondary N) is 1. The fourth-order valence-corrected chi connectivity index (χ4v) is 9.38. The van der Waals surface area contributed by atoms with E-state index in [1.165, 1.54) is 6.42 Å². The fourth-order valence-electron chi connectivity index (χ4n) is 9.15. The number of carboxylic acid groups (broad SMARTS) is 1. The highest BCUT2D eigenvalue weighted by Crippen LogP contribution is 2.58. The van der Waals surface area contributed by atoms with Crippen LogP contribution in [-0.2, 0) is 14.9 Å². The zero-order valence-corrected chi connectivity index (χ0v) is 34.7. The van der Waals surface area contributed by atoms with Crippen LogP contribution in [0.3, 0.4) is 0 Å². The van der Waals surface area contributed by atoms with Crippen molar-refractivity contribution in [1.29, 1.82) is 0 Å². The van der Waals surface area contributed by atoms with Crippen molar-refractivity contribution in [3.8, 4) is 28.4 Å². The molecule has 15 nitrogen and oxygen atoms in total. The molecule has 0 spiro atoms. The van der Waals surface area contributed by atoms with Crippen molar-refractivity contribution in [2.75, 3.05) is 60.8 Å². The summed E-state index contributed by atoms with van der Waals surface area (Å²) >= 11 is 0. The highest BCUT2D eigenvalue weighted by Gasteiger charge is 2.62. The minimum Gasteiger partial charge on any atom is -0.496 e. The summed E-state index contributed by atoms with van der Waals surface area (Å²) < 4.78 is 40.4. The number of carbonyl (C=O) groups excluding carboxylic acids is 2. The molecule has 7 rings (SSSR count). The van der Waals surface area contributed by atoms with Gasteiger partial charge in [-0.3, -0.25) is 14.1 Å². The predicted octanol–water partition coefficient (Wildman–Crippen LogP) is 4.58. The molecule has 0 saturated heterocycles. The van der Waals surface area contributed by atoms with Gasteiger partial charge in [0.2, 0.25) is 0 Å². The monoisotopic (exact) mass is 811 g/mol. The number of carboxylic acids is 1. The SMILES string of the molecule is COc1cccc(OC)c1-c1cc(C(=O)NC2(C(=O)O)C3CC4CC(C3)CC2C4)nn1-c1ccc(C(=O)N(C)CCCN(C)C)cc1C(C)C.O=S(=O)(O)CCO. The number of methoxy groups -OCH3 is 2. The van der Waals surface area contributed by atoms with Crippen molar-refractivity contribution in [3.63, 3.8) is 0 Å². The molecule has 2 amide bonds. The Morgan fingerprint density at radius 3 is 2.02 bits per heavy atom. The first-order chi connectivity index (χ1) is 26.9. The Kier molecular flexibility index (Phi) is 13.7. The van der Waals surface area contributed by atoms with Gasteiger partial charge in [-0.25, -0.2) is 9.48 Å². The minimum atomic E-state index is -3.92. The number of carbonyl (C=O) groups is 3. The molecule has 4 fully saturated rings. The van der Waals surface area contributed by atoms with Gasteiger partial charge < -0.3 is 34.8 Å². The molecule has 1 heterocycles. The van der Waals surface area contributed by atoms with Crippen LogP contribution in [0.2, 0.25) is 0 Å². The number of benzene rings is 2. The maximum atomic E-state index is 14.3. The van der Waals surface area contributed by atoms with Crippen LogP contribution in [-0.4, -0.2) is 127 Å². The Balaban J connectivity index is 0.000000811. The minimum absolute atomic E-state index is 0.00554. The van der Waals surface area contributed by atoms with Crippen molar-refractivity contribution in [3.05, 3.63) is 59.3 Å². The third-order valence-corrected chi connectivity index (χ3v) is 12.3. The third-order valence-electron chi connectivity index (χ3n) is 11.6. The number of nitrogens with zero attached hydrogens (tertiary/aromatic N) is 4. The van der Waals surface area contributed by atoms with E-state index in [2.05, 4.69) is 24.1 Å². The zero-order valence-electron chi connectivity index (χ0n) is 33.9. The van der Waals surface area contributed by atoms with Gasteiger partial charge in [0.15, 0.2) is 5.69 Å². The van der Waals surface area contributed by atoms with Gasteiger partial charge in [-0.2, -0.15) is 13.5 Å². The van der Waals surface area contributed by atoms with E-state index in [0.29, 0.717) is 52.4 Å². The molecule has 0 unspecified atom stereocenters. The van der Waals surface area contributed by atoms with E-state index in [1.54, 1.807) is 35.9 Å². The van der Waals surface area contributed by atoms with Crippen LogP contribution in [0.4, 0.5) is 0 Å². The van der Waals surface area contributed by atoms with Gasteiger partial charge in [-0.15, -0.1) is 0 Å². The van der Waals surface area contributed by atoms with E-state index in [9.17, 15) is 27.9 Å². The molecule has 3 aromatic rings. The second-order valence-electron chi connectivity index (χ2n) is 16.1. The molecule has 4 aliphatic rings. The molecule has 312 valence electrons. The first-order valence-electron chi connectivity index (χ1n) is 19.4. The molecule has 57 heavy (non-hydrogen) atoms. The molecule has 4 bridgehead atoms. The maximum Gasteiger partial charge on any atom is 0.330 e. The van der Waals surface area contributed by atoms with Crippen molar-refractivity contribution in [2.24, 2.45) is 23.7 Å². The number of ether oxygens (including phenoxy) is 2. The Labute approximate surface area is 335 Å². The lowest BCUT2D eigenvalue weighted by Gasteiger charge is -2.59. The topological polar surface area (TPSA) is 201 Å². The number of hydrogen-bond donors (Lipinski definition) is 4. The van der Waals surface area contributed by atoms with Crippen molar-refractivity contribution < 1.29 is 47.0 Å². The van der Waals surface area contributed by atoms with Gasteiger partial charge in [0.1, 0.15) is 17.0 Å². The number of hydrogen-bond acceptors (Lipinski definition) is 10. The Morgan fingerprint density at radius 1 is 0.947 bits per heavy atom. The van der Waals surface area contributed by atoms with Gasteiger partial charge in [0, 0.05) is 19.2 Å². The second kappa shape index (κ2) is 18.0. The third kappa shape index (κ3) is 9.46. The van der Waals surface area contributed by atoms with E-state index in [0.717, 1.165) is 44.2 Å². The number of aromatic nitrogens is 2. The maximum absolute atomic E-state index is 14.3. The smallest absolute Gasteiger partial charge is 0.330 e. The summed E-state index contributed by atoms with van der Waals surface area (Å²) in [6.45, 7) is 5.09. The van der Waals surface area contributed by atoms with Gasteiger partial charge >= 0.3 is 5.97 Å². The van der Waals surface area contributed by atoms with Crippen LogP contribution in [0.1, 0.15) is 84.7 Å². The molecule has 1 aromatic heterocycles. The number of aliphatic hydroxyl groups is 1. The average molecular weight is 812 g/mol. The molecule has 4 aliphatic carbocycles. The standard InChI is InChI=1S/C39H51N5O6.C2H6O4S/c1-23(2)29-21-26(37(46)43(5)15-9-14-42(3)4)12-13-31(29)44-32(35-33(49-6)10-8-11-34(35)50-7)22-30(41-44)36(45)40-39(38(47)48)27-17-24-16-25(19-27)20-28(39)18-24;3-1-2-7(4,5)6/h8,10-13,21-25,27-28H,9,14-20H2,1-7H3,(H,40,45)(H,47,48);3H,1-2H2,(H,4,5,6). The lowest BCUT2D eigenvalue weighted by molar-refractivity contribution is -0.163. The Bertz CT molecular complexity index is 2000. The molecule has 2 aromatic carbocycles. The summed E-state index contributed by atoms with van der Waals surface area (Å²) in [5.41, 5.74) is 2.04. The van der Waals surface area contributed by atoms with E-state index in [-0.39, 0.29) is 29.4 Å². The number of amides is 2. The van der Waals surface area contributed by atoms with Gasteiger partial charge in [0.05, 0.1) is 43.5 Å². The molecule has 16 heteroatoms. The zero-order chi connectivity index (χ0) is 41.8. The van der Waals surface area contributed by atoms with E-state index >= 15 is 0 Å². The van der Waals surface area contributed by atoms with Crippen LogP contribution < -0.4 is 14.8 Å². The van der Waals surface area contributed by atoms with Gasteiger partial charge in [-0.1, -0.05) is 19.9 Å². The number of rotatable bonds is 15. The highest BCUT2D eigenvalue weighted by molar-refractivity contribution is 7.85.